The van der Waals surface area contributed by atoms with Gasteiger partial charge in [0.2, 0.25) is 0 Å². The summed E-state index contributed by atoms with van der Waals surface area (Å²) in [5.41, 5.74) is 4.29. The molecule has 3 aromatic carbocycles. The molecule has 0 saturated carbocycles. The van der Waals surface area contributed by atoms with Crippen LogP contribution in [0.3, 0.4) is 0 Å². The van der Waals surface area contributed by atoms with E-state index >= 15 is 0 Å². The van der Waals surface area contributed by atoms with E-state index in [1.807, 2.05) is 42.5 Å². The van der Waals surface area contributed by atoms with Crippen LogP contribution in [0.5, 0.6) is 0 Å². The summed E-state index contributed by atoms with van der Waals surface area (Å²) in [6, 6.07) is 25.6. The molecule has 4 heteroatoms. The third-order valence-corrected chi connectivity index (χ3v) is 4.72. The smallest absolute Gasteiger partial charge is 0.335 e. The van der Waals surface area contributed by atoms with E-state index in [-0.39, 0.29) is 5.56 Å². The molecule has 0 amide bonds. The Morgan fingerprint density at radius 1 is 0.926 bits per heavy atom. The van der Waals surface area contributed by atoms with Gasteiger partial charge in [-0.15, -0.1) is 0 Å². The van der Waals surface area contributed by atoms with Crippen LogP contribution in [0.2, 0.25) is 0 Å². The normalized spacial score (nSPS) is 11.0. The number of carboxylic acid groups (broad SMARTS) is 1. The highest BCUT2D eigenvalue weighted by Crippen LogP contribution is 2.26. The quantitative estimate of drug-likeness (QED) is 0.527. The summed E-state index contributed by atoms with van der Waals surface area (Å²) in [6.45, 7) is 0.821. The van der Waals surface area contributed by atoms with Gasteiger partial charge < -0.3 is 9.67 Å². The fraction of sp³-hybridized carbons (Fsp3) is 0.130. The van der Waals surface area contributed by atoms with Crippen molar-refractivity contribution in [3.8, 4) is 11.4 Å². The maximum Gasteiger partial charge on any atom is 0.335 e. The predicted octanol–water partition coefficient (Wildman–Crippen LogP) is 5.03. The van der Waals surface area contributed by atoms with Gasteiger partial charge in [-0.25, -0.2) is 9.78 Å². The van der Waals surface area contributed by atoms with Gasteiger partial charge >= 0.3 is 5.97 Å². The molecule has 1 heterocycles. The number of carboxylic acids is 1. The molecule has 4 rings (SSSR count). The molecule has 0 unspecified atom stereocenters. The highest BCUT2D eigenvalue weighted by molar-refractivity contribution is 5.93. The number of nitrogens with zero attached hydrogens (tertiary/aromatic N) is 2. The Hall–Kier alpha value is -3.40. The predicted molar refractivity (Wildman–Crippen MR) is 107 cm³/mol. The van der Waals surface area contributed by atoms with Gasteiger partial charge in [-0.1, -0.05) is 60.7 Å². The SMILES string of the molecule is O=C(O)c1ccc2c(c1)nc(-c1ccccc1)n2CCCc1ccccc1. The first-order valence-corrected chi connectivity index (χ1v) is 9.05. The van der Waals surface area contributed by atoms with Gasteiger partial charge in [0, 0.05) is 12.1 Å². The number of aryl methyl sites for hydroxylation is 2. The third-order valence-electron chi connectivity index (χ3n) is 4.72. The molecule has 27 heavy (non-hydrogen) atoms. The van der Waals surface area contributed by atoms with E-state index < -0.39 is 5.97 Å². The second-order valence-corrected chi connectivity index (χ2v) is 6.55. The van der Waals surface area contributed by atoms with Crippen LogP contribution in [0.1, 0.15) is 22.3 Å². The number of carbonyl (C=O) groups is 1. The number of fused-ring (bicyclic) bond motifs is 1. The second-order valence-electron chi connectivity index (χ2n) is 6.55. The van der Waals surface area contributed by atoms with Gasteiger partial charge in [0.1, 0.15) is 5.82 Å². The zero-order valence-corrected chi connectivity index (χ0v) is 14.9. The number of hydrogen-bond donors (Lipinski definition) is 1. The van der Waals surface area contributed by atoms with Crippen molar-refractivity contribution >= 4 is 17.0 Å². The molecule has 0 aliphatic carbocycles. The van der Waals surface area contributed by atoms with Gasteiger partial charge in [0.25, 0.3) is 0 Å². The Balaban J connectivity index is 1.70. The van der Waals surface area contributed by atoms with Crippen molar-refractivity contribution in [2.45, 2.75) is 19.4 Å². The summed E-state index contributed by atoms with van der Waals surface area (Å²) >= 11 is 0. The van der Waals surface area contributed by atoms with Crippen molar-refractivity contribution in [2.24, 2.45) is 0 Å². The standard InChI is InChI=1S/C23H20N2O2/c26-23(27)19-13-14-21-20(16-19)24-22(18-11-5-2-6-12-18)25(21)15-7-10-17-8-3-1-4-9-17/h1-6,8-9,11-14,16H,7,10,15H2,(H,26,27). The first-order chi connectivity index (χ1) is 13.2. The molecule has 0 spiro atoms. The number of hydrogen-bond acceptors (Lipinski definition) is 2. The lowest BCUT2D eigenvalue weighted by Crippen LogP contribution is -2.02. The molecule has 0 saturated heterocycles. The highest BCUT2D eigenvalue weighted by Gasteiger charge is 2.14. The molecule has 0 fully saturated rings. The van der Waals surface area contributed by atoms with Gasteiger partial charge in [0.05, 0.1) is 16.6 Å². The molecule has 1 aromatic heterocycles. The van der Waals surface area contributed by atoms with Crippen LogP contribution in [-0.4, -0.2) is 20.6 Å². The van der Waals surface area contributed by atoms with Crippen molar-refractivity contribution in [2.75, 3.05) is 0 Å². The fourth-order valence-corrected chi connectivity index (χ4v) is 3.38. The summed E-state index contributed by atoms with van der Waals surface area (Å²) < 4.78 is 2.19. The van der Waals surface area contributed by atoms with E-state index in [4.69, 9.17) is 4.98 Å². The summed E-state index contributed by atoms with van der Waals surface area (Å²) in [4.78, 5) is 16.1. The van der Waals surface area contributed by atoms with Gasteiger partial charge in [-0.2, -0.15) is 0 Å². The van der Waals surface area contributed by atoms with E-state index in [2.05, 4.69) is 28.8 Å². The van der Waals surface area contributed by atoms with Crippen molar-refractivity contribution < 1.29 is 9.90 Å². The summed E-state index contributed by atoms with van der Waals surface area (Å²) in [5.74, 6) is -0.0574. The minimum atomic E-state index is -0.934. The van der Waals surface area contributed by atoms with E-state index in [1.54, 1.807) is 12.1 Å². The zero-order chi connectivity index (χ0) is 18.6. The topological polar surface area (TPSA) is 55.1 Å². The summed E-state index contributed by atoms with van der Waals surface area (Å²) in [7, 11) is 0. The Labute approximate surface area is 157 Å². The van der Waals surface area contributed by atoms with Gasteiger partial charge in [-0.3, -0.25) is 0 Å². The lowest BCUT2D eigenvalue weighted by molar-refractivity contribution is 0.0697. The Morgan fingerprint density at radius 3 is 2.33 bits per heavy atom. The average molecular weight is 356 g/mol. The molecule has 0 atom stereocenters. The van der Waals surface area contributed by atoms with Crippen molar-refractivity contribution in [3.63, 3.8) is 0 Å². The molecule has 1 N–H and O–H groups in total. The number of imidazole rings is 1. The van der Waals surface area contributed by atoms with Crippen LogP contribution in [0.4, 0.5) is 0 Å². The van der Waals surface area contributed by atoms with Crippen molar-refractivity contribution in [1.29, 1.82) is 0 Å². The number of rotatable bonds is 6. The third kappa shape index (κ3) is 3.60. The van der Waals surface area contributed by atoms with Crippen LogP contribution in [0.25, 0.3) is 22.4 Å². The minimum Gasteiger partial charge on any atom is -0.478 e. The molecule has 4 nitrogen and oxygen atoms in total. The van der Waals surface area contributed by atoms with Gasteiger partial charge in [-0.05, 0) is 36.6 Å². The second kappa shape index (κ2) is 7.46. The highest BCUT2D eigenvalue weighted by atomic mass is 16.4. The molecular formula is C23H20N2O2. The molecule has 0 radical (unpaired) electrons. The number of aromatic carboxylic acids is 1. The Bertz CT molecular complexity index is 1070. The van der Waals surface area contributed by atoms with Gasteiger partial charge in [0.15, 0.2) is 0 Å². The summed E-state index contributed by atoms with van der Waals surface area (Å²) in [6.07, 6.45) is 1.97. The Kier molecular flexibility index (Phi) is 4.71. The van der Waals surface area contributed by atoms with Crippen LogP contribution in [0, 0.1) is 0 Å². The zero-order valence-electron chi connectivity index (χ0n) is 14.9. The monoisotopic (exact) mass is 356 g/mol. The number of aromatic nitrogens is 2. The lowest BCUT2D eigenvalue weighted by Gasteiger charge is -2.10. The molecule has 0 aliphatic heterocycles. The number of benzene rings is 3. The first-order valence-electron chi connectivity index (χ1n) is 9.05. The van der Waals surface area contributed by atoms with Crippen molar-refractivity contribution in [1.82, 2.24) is 9.55 Å². The Morgan fingerprint density at radius 2 is 1.63 bits per heavy atom. The molecular weight excluding hydrogens is 336 g/mol. The largest absolute Gasteiger partial charge is 0.478 e. The lowest BCUT2D eigenvalue weighted by atomic mass is 10.1. The van der Waals surface area contributed by atoms with Crippen LogP contribution in [-0.2, 0) is 13.0 Å². The fourth-order valence-electron chi connectivity index (χ4n) is 3.38. The van der Waals surface area contributed by atoms with Crippen molar-refractivity contribution in [3.05, 3.63) is 90.0 Å². The summed E-state index contributed by atoms with van der Waals surface area (Å²) in [5, 5.41) is 9.27. The molecule has 0 aliphatic rings. The van der Waals surface area contributed by atoms with Crippen LogP contribution >= 0.6 is 0 Å². The molecule has 0 bridgehead atoms. The van der Waals surface area contributed by atoms with E-state index in [0.29, 0.717) is 5.52 Å². The molecule has 134 valence electrons. The van der Waals surface area contributed by atoms with Crippen LogP contribution in [0.15, 0.2) is 78.9 Å². The van der Waals surface area contributed by atoms with E-state index in [0.717, 1.165) is 36.3 Å². The minimum absolute atomic E-state index is 0.260. The first kappa shape index (κ1) is 17.0. The van der Waals surface area contributed by atoms with Crippen LogP contribution < -0.4 is 0 Å². The van der Waals surface area contributed by atoms with E-state index in [1.165, 1.54) is 5.56 Å². The maximum absolute atomic E-state index is 11.3. The van der Waals surface area contributed by atoms with E-state index in [9.17, 15) is 9.90 Å². The average Bonchev–Trinajstić information content (AvgIpc) is 3.07. The molecule has 4 aromatic rings. The maximum atomic E-state index is 11.3.